The minimum Gasteiger partial charge on any atom is -0.338 e. The van der Waals surface area contributed by atoms with Crippen molar-refractivity contribution in [1.29, 1.82) is 0 Å². The molecule has 0 unspecified atom stereocenters. The monoisotopic (exact) mass is 295 g/mol. The molecular weight excluding hydrogens is 278 g/mol. The first-order valence-electron chi connectivity index (χ1n) is 6.25. The first-order chi connectivity index (χ1) is 9.29. The van der Waals surface area contributed by atoms with Crippen molar-refractivity contribution in [3.05, 3.63) is 30.6 Å². The maximum atomic E-state index is 11.6. The highest BCUT2D eigenvalue weighted by atomic mass is 35.5. The zero-order valence-corrected chi connectivity index (χ0v) is 11.8. The number of rotatable bonds is 5. The number of pyridine rings is 2. The second-order valence-corrected chi connectivity index (χ2v) is 4.14. The number of aromatic nitrogens is 2. The van der Waals surface area contributed by atoms with Gasteiger partial charge < -0.3 is 11.1 Å². The number of anilines is 1. The lowest BCUT2D eigenvalue weighted by atomic mass is 10.3. The van der Waals surface area contributed by atoms with Gasteiger partial charge in [0.25, 0.3) is 0 Å². The van der Waals surface area contributed by atoms with Crippen LogP contribution in [0.4, 0.5) is 10.6 Å². The largest absolute Gasteiger partial charge is 0.338 e. The van der Waals surface area contributed by atoms with Crippen LogP contribution in [0.1, 0.15) is 12.8 Å². The maximum Gasteiger partial charge on any atom is 0.320 e. The molecule has 0 atom stereocenters. The zero-order chi connectivity index (χ0) is 13.5. The topological polar surface area (TPSA) is 92.9 Å². The lowest BCUT2D eigenvalue weighted by molar-refractivity contribution is 0.252. The average Bonchev–Trinajstić information content (AvgIpc) is 2.43. The van der Waals surface area contributed by atoms with Gasteiger partial charge in [-0.15, -0.1) is 12.4 Å². The molecule has 0 spiro atoms. The highest BCUT2D eigenvalue weighted by Gasteiger charge is 2.03. The van der Waals surface area contributed by atoms with Gasteiger partial charge in [-0.1, -0.05) is 0 Å². The van der Waals surface area contributed by atoms with Crippen LogP contribution >= 0.6 is 12.4 Å². The molecular formula is C13H18ClN5O. The summed E-state index contributed by atoms with van der Waals surface area (Å²) >= 11 is 0. The van der Waals surface area contributed by atoms with Gasteiger partial charge in [0.05, 0.1) is 5.52 Å². The van der Waals surface area contributed by atoms with Crippen LogP contribution in [0.5, 0.6) is 0 Å². The fourth-order valence-corrected chi connectivity index (χ4v) is 1.67. The van der Waals surface area contributed by atoms with Crippen LogP contribution in [0, 0.1) is 0 Å². The second-order valence-electron chi connectivity index (χ2n) is 4.14. The molecule has 20 heavy (non-hydrogen) atoms. The van der Waals surface area contributed by atoms with Gasteiger partial charge in [0, 0.05) is 24.3 Å². The first kappa shape index (κ1) is 16.1. The summed E-state index contributed by atoms with van der Waals surface area (Å²) in [5, 5.41) is 6.40. The Hall–Kier alpha value is -1.92. The molecule has 2 heterocycles. The van der Waals surface area contributed by atoms with Crippen molar-refractivity contribution < 1.29 is 4.79 Å². The van der Waals surface area contributed by atoms with Crippen molar-refractivity contribution in [3.63, 3.8) is 0 Å². The number of urea groups is 1. The molecule has 0 bridgehead atoms. The summed E-state index contributed by atoms with van der Waals surface area (Å²) in [6.07, 6.45) is 5.19. The van der Waals surface area contributed by atoms with Crippen LogP contribution in [0.25, 0.3) is 10.9 Å². The summed E-state index contributed by atoms with van der Waals surface area (Å²) in [6.45, 7) is 1.25. The Morgan fingerprint density at radius 1 is 1.25 bits per heavy atom. The van der Waals surface area contributed by atoms with E-state index in [-0.39, 0.29) is 18.4 Å². The van der Waals surface area contributed by atoms with Crippen molar-refractivity contribution in [2.45, 2.75) is 12.8 Å². The van der Waals surface area contributed by atoms with Crippen LogP contribution in [-0.2, 0) is 0 Å². The number of unbranched alkanes of at least 4 members (excludes halogenated alkanes) is 1. The number of hydrogen-bond acceptors (Lipinski definition) is 4. The molecule has 0 saturated heterocycles. The molecule has 0 aliphatic carbocycles. The van der Waals surface area contributed by atoms with E-state index >= 15 is 0 Å². The van der Waals surface area contributed by atoms with Crippen molar-refractivity contribution in [3.8, 4) is 0 Å². The third kappa shape index (κ3) is 4.64. The van der Waals surface area contributed by atoms with Gasteiger partial charge in [-0.2, -0.15) is 0 Å². The Labute approximate surface area is 123 Å². The molecule has 7 heteroatoms. The van der Waals surface area contributed by atoms with Crippen LogP contribution in [0.3, 0.4) is 0 Å². The number of halogens is 1. The Bertz CT molecular complexity index is 563. The first-order valence-corrected chi connectivity index (χ1v) is 6.25. The van der Waals surface area contributed by atoms with Crippen LogP contribution in [0.15, 0.2) is 30.6 Å². The van der Waals surface area contributed by atoms with Gasteiger partial charge in [-0.05, 0) is 37.6 Å². The molecule has 108 valence electrons. The second kappa shape index (κ2) is 8.29. The molecule has 0 fully saturated rings. The fourth-order valence-electron chi connectivity index (χ4n) is 1.67. The van der Waals surface area contributed by atoms with Crippen LogP contribution in [0.2, 0.25) is 0 Å². The summed E-state index contributed by atoms with van der Waals surface area (Å²) in [6, 6.07) is 5.18. The quantitative estimate of drug-likeness (QED) is 0.735. The SMILES string of the molecule is Cl.NCCCCNC(=O)Nc1ccc2cnccc2n1. The molecule has 2 rings (SSSR count). The summed E-state index contributed by atoms with van der Waals surface area (Å²) in [4.78, 5) is 19.9. The third-order valence-corrected chi connectivity index (χ3v) is 2.65. The van der Waals surface area contributed by atoms with E-state index in [2.05, 4.69) is 20.6 Å². The third-order valence-electron chi connectivity index (χ3n) is 2.65. The Kier molecular flexibility index (Phi) is 6.69. The molecule has 2 amide bonds. The van der Waals surface area contributed by atoms with E-state index in [0.29, 0.717) is 18.9 Å². The summed E-state index contributed by atoms with van der Waals surface area (Å²) in [7, 11) is 0. The average molecular weight is 296 g/mol. The van der Waals surface area contributed by atoms with Crippen molar-refractivity contribution >= 4 is 35.2 Å². The van der Waals surface area contributed by atoms with Gasteiger partial charge in [-0.25, -0.2) is 9.78 Å². The number of carbonyl (C=O) groups is 1. The zero-order valence-electron chi connectivity index (χ0n) is 11.0. The van der Waals surface area contributed by atoms with Crippen molar-refractivity contribution in [2.24, 2.45) is 5.73 Å². The van der Waals surface area contributed by atoms with E-state index in [1.165, 1.54) is 0 Å². The number of fused-ring (bicyclic) bond motifs is 1. The van der Waals surface area contributed by atoms with Gasteiger partial charge in [0.2, 0.25) is 0 Å². The predicted octanol–water partition coefficient (Wildman–Crippen LogP) is 1.91. The number of nitrogens with zero attached hydrogens (tertiary/aromatic N) is 2. The molecule has 0 aliphatic rings. The number of carbonyl (C=O) groups excluding carboxylic acids is 1. The number of amides is 2. The van der Waals surface area contributed by atoms with Crippen molar-refractivity contribution in [1.82, 2.24) is 15.3 Å². The van der Waals surface area contributed by atoms with Crippen LogP contribution < -0.4 is 16.4 Å². The lowest BCUT2D eigenvalue weighted by Crippen LogP contribution is -2.30. The van der Waals surface area contributed by atoms with Crippen molar-refractivity contribution in [2.75, 3.05) is 18.4 Å². The highest BCUT2D eigenvalue weighted by molar-refractivity contribution is 5.90. The lowest BCUT2D eigenvalue weighted by Gasteiger charge is -2.07. The van der Waals surface area contributed by atoms with E-state index < -0.39 is 0 Å². The summed E-state index contributed by atoms with van der Waals surface area (Å²) in [5.41, 5.74) is 6.18. The van der Waals surface area contributed by atoms with E-state index in [4.69, 9.17) is 5.73 Å². The molecule has 0 saturated carbocycles. The normalized spacial score (nSPS) is 9.85. The van der Waals surface area contributed by atoms with E-state index in [1.54, 1.807) is 24.5 Å². The number of nitrogens with one attached hydrogen (secondary N) is 2. The maximum absolute atomic E-state index is 11.6. The number of hydrogen-bond donors (Lipinski definition) is 3. The summed E-state index contributed by atoms with van der Waals surface area (Å²) < 4.78 is 0. The van der Waals surface area contributed by atoms with E-state index in [9.17, 15) is 4.79 Å². The Balaban J connectivity index is 0.00000200. The van der Waals surface area contributed by atoms with Crippen LogP contribution in [-0.4, -0.2) is 29.1 Å². The minimum absolute atomic E-state index is 0. The van der Waals surface area contributed by atoms with Gasteiger partial charge in [-0.3, -0.25) is 10.3 Å². The van der Waals surface area contributed by atoms with E-state index in [1.807, 2.05) is 6.07 Å². The predicted molar refractivity (Wildman–Crippen MR) is 82.1 cm³/mol. The highest BCUT2D eigenvalue weighted by Crippen LogP contribution is 2.13. The smallest absolute Gasteiger partial charge is 0.320 e. The number of nitrogens with two attached hydrogens (primary N) is 1. The van der Waals surface area contributed by atoms with E-state index in [0.717, 1.165) is 23.7 Å². The fraction of sp³-hybridized carbons (Fsp3) is 0.308. The Morgan fingerprint density at radius 3 is 2.90 bits per heavy atom. The molecule has 0 aliphatic heterocycles. The summed E-state index contributed by atoms with van der Waals surface area (Å²) in [5.74, 6) is 0.523. The molecule has 4 N–H and O–H groups in total. The molecule has 6 nitrogen and oxygen atoms in total. The molecule has 0 radical (unpaired) electrons. The minimum atomic E-state index is -0.252. The molecule has 2 aromatic rings. The Morgan fingerprint density at radius 2 is 2.10 bits per heavy atom. The van der Waals surface area contributed by atoms with Gasteiger partial charge >= 0.3 is 6.03 Å². The molecule has 2 aromatic heterocycles. The standard InChI is InChI=1S/C13H17N5O.ClH/c14-6-1-2-7-16-13(19)18-12-4-3-10-9-15-8-5-11(10)17-12;/h3-5,8-9H,1-2,6-7,14H2,(H2,16,17,18,19);1H. The van der Waals surface area contributed by atoms with Gasteiger partial charge in [0.15, 0.2) is 0 Å². The van der Waals surface area contributed by atoms with Gasteiger partial charge in [0.1, 0.15) is 5.82 Å². The molecule has 0 aromatic carbocycles.